The largest absolute Gasteiger partial charge is 0.479 e. The van der Waals surface area contributed by atoms with Crippen LogP contribution in [0.2, 0.25) is 0 Å². The van der Waals surface area contributed by atoms with Gasteiger partial charge in [-0.05, 0) is 19.8 Å². The number of carbonyl (C=O) groups excluding carboxylic acids is 1. The highest BCUT2D eigenvalue weighted by Crippen LogP contribution is 2.18. The molecule has 0 fully saturated rings. The van der Waals surface area contributed by atoms with Gasteiger partial charge in [0.25, 0.3) is 0 Å². The van der Waals surface area contributed by atoms with Crippen LogP contribution in [0.15, 0.2) is 0 Å². The summed E-state index contributed by atoms with van der Waals surface area (Å²) < 4.78 is 0. The molecule has 0 aliphatic heterocycles. The van der Waals surface area contributed by atoms with Gasteiger partial charge in [0.2, 0.25) is 5.60 Å². The molecular formula is C23H46O7. The van der Waals surface area contributed by atoms with E-state index >= 15 is 0 Å². The lowest BCUT2D eigenvalue weighted by atomic mass is 9.92. The van der Waals surface area contributed by atoms with E-state index in [9.17, 15) is 14.7 Å². The van der Waals surface area contributed by atoms with Crippen LogP contribution in [0.5, 0.6) is 0 Å². The van der Waals surface area contributed by atoms with Gasteiger partial charge in [0.1, 0.15) is 6.10 Å². The fourth-order valence-corrected chi connectivity index (χ4v) is 3.07. The Bertz CT molecular complexity index is 394. The Morgan fingerprint density at radius 3 is 1.30 bits per heavy atom. The van der Waals surface area contributed by atoms with Gasteiger partial charge in [-0.3, -0.25) is 4.79 Å². The van der Waals surface area contributed by atoms with Crippen LogP contribution >= 0.6 is 0 Å². The Labute approximate surface area is 182 Å². The highest BCUT2D eigenvalue weighted by molar-refractivity contribution is 6.04. The van der Waals surface area contributed by atoms with E-state index in [0.29, 0.717) is 6.42 Å². The molecule has 0 radical (unpaired) electrons. The SMILES string of the molecule is CCCCCCCCCCCCCCCCC(O)(C(C)=O)C(=O)O.OCC(O)CO. The van der Waals surface area contributed by atoms with Crippen molar-refractivity contribution in [3.63, 3.8) is 0 Å². The lowest BCUT2D eigenvalue weighted by Gasteiger charge is -2.19. The van der Waals surface area contributed by atoms with Crippen LogP contribution in [0.3, 0.4) is 0 Å². The van der Waals surface area contributed by atoms with Gasteiger partial charge in [0.05, 0.1) is 13.2 Å². The molecule has 0 rings (SSSR count). The second-order valence-electron chi connectivity index (χ2n) is 8.09. The van der Waals surface area contributed by atoms with Crippen molar-refractivity contribution in [1.82, 2.24) is 0 Å². The lowest BCUT2D eigenvalue weighted by molar-refractivity contribution is -0.165. The quantitative estimate of drug-likeness (QED) is 0.155. The first-order chi connectivity index (χ1) is 14.3. The maximum absolute atomic E-state index is 11.2. The van der Waals surface area contributed by atoms with Crippen molar-refractivity contribution in [2.45, 2.75) is 122 Å². The van der Waals surface area contributed by atoms with Gasteiger partial charge in [-0.2, -0.15) is 0 Å². The molecule has 0 aromatic carbocycles. The Morgan fingerprint density at radius 1 is 0.733 bits per heavy atom. The van der Waals surface area contributed by atoms with E-state index in [-0.39, 0.29) is 19.6 Å². The van der Waals surface area contributed by atoms with Crippen LogP contribution < -0.4 is 0 Å². The maximum atomic E-state index is 11.2. The number of aliphatic hydroxyl groups excluding tert-OH is 3. The molecule has 0 saturated heterocycles. The molecule has 30 heavy (non-hydrogen) atoms. The van der Waals surface area contributed by atoms with E-state index < -0.39 is 23.5 Å². The second-order valence-corrected chi connectivity index (χ2v) is 8.09. The maximum Gasteiger partial charge on any atom is 0.343 e. The molecule has 0 amide bonds. The molecule has 5 N–H and O–H groups in total. The van der Waals surface area contributed by atoms with Crippen LogP contribution in [-0.4, -0.2) is 62.2 Å². The zero-order valence-corrected chi connectivity index (χ0v) is 19.2. The number of ketones is 1. The standard InChI is InChI=1S/C20H38O4.C3H8O3/c1-3-4-5-6-7-8-9-10-11-12-13-14-15-16-17-20(24,18(2)21)19(22)23;4-1-3(6)2-5/h24H,3-17H2,1-2H3,(H,22,23);3-6H,1-2H2. The van der Waals surface area contributed by atoms with Crippen molar-refractivity contribution in [1.29, 1.82) is 0 Å². The molecule has 0 saturated carbocycles. The first kappa shape index (κ1) is 31.2. The molecule has 0 aromatic heterocycles. The zero-order valence-electron chi connectivity index (χ0n) is 19.2. The van der Waals surface area contributed by atoms with Crippen LogP contribution in [0, 0.1) is 0 Å². The number of aliphatic hydroxyl groups is 4. The fourth-order valence-electron chi connectivity index (χ4n) is 3.07. The fraction of sp³-hybridized carbons (Fsp3) is 0.913. The van der Waals surface area contributed by atoms with Crippen molar-refractivity contribution >= 4 is 11.8 Å². The number of hydrogen-bond acceptors (Lipinski definition) is 6. The van der Waals surface area contributed by atoms with E-state index in [1.807, 2.05) is 0 Å². The molecule has 0 aliphatic carbocycles. The summed E-state index contributed by atoms with van der Waals surface area (Å²) in [6.07, 6.45) is 16.1. The third-order valence-corrected chi connectivity index (χ3v) is 5.25. The normalized spacial score (nSPS) is 12.9. The van der Waals surface area contributed by atoms with Crippen LogP contribution in [0.4, 0.5) is 0 Å². The van der Waals surface area contributed by atoms with Gasteiger partial charge in [-0.25, -0.2) is 4.79 Å². The minimum Gasteiger partial charge on any atom is -0.479 e. The van der Waals surface area contributed by atoms with Gasteiger partial charge >= 0.3 is 5.97 Å². The molecule has 0 aliphatic rings. The summed E-state index contributed by atoms with van der Waals surface area (Å²) in [6, 6.07) is 0. The lowest BCUT2D eigenvalue weighted by Crippen LogP contribution is -2.45. The van der Waals surface area contributed by atoms with E-state index in [1.165, 1.54) is 64.2 Å². The molecule has 0 spiro atoms. The number of carboxylic acid groups (broad SMARTS) is 1. The molecule has 0 aromatic rings. The van der Waals surface area contributed by atoms with Crippen LogP contribution in [0.25, 0.3) is 0 Å². The third-order valence-electron chi connectivity index (χ3n) is 5.25. The minimum atomic E-state index is -2.18. The van der Waals surface area contributed by atoms with Gasteiger partial charge < -0.3 is 25.5 Å². The number of rotatable bonds is 19. The smallest absolute Gasteiger partial charge is 0.343 e. The number of hydrogen-bond donors (Lipinski definition) is 5. The zero-order chi connectivity index (χ0) is 23.3. The molecule has 7 heteroatoms. The molecule has 0 heterocycles. The first-order valence-electron chi connectivity index (χ1n) is 11.6. The summed E-state index contributed by atoms with van der Waals surface area (Å²) in [5.41, 5.74) is -2.18. The number of unbranched alkanes of at least 4 members (excludes halogenated alkanes) is 13. The van der Waals surface area contributed by atoms with Crippen molar-refractivity contribution in [2.75, 3.05) is 13.2 Å². The summed E-state index contributed by atoms with van der Waals surface area (Å²) in [5.74, 6) is -2.10. The van der Waals surface area contributed by atoms with Crippen molar-refractivity contribution < 1.29 is 35.1 Å². The number of Topliss-reactive ketones (excluding diaryl/α,β-unsaturated/α-hetero) is 1. The Balaban J connectivity index is 0. The van der Waals surface area contributed by atoms with Crippen molar-refractivity contribution in [3.8, 4) is 0 Å². The third kappa shape index (κ3) is 17.8. The van der Waals surface area contributed by atoms with E-state index in [0.717, 1.165) is 26.2 Å². The number of carbonyl (C=O) groups is 2. The predicted octanol–water partition coefficient (Wildman–Crippen LogP) is 3.59. The van der Waals surface area contributed by atoms with Gasteiger partial charge in [0, 0.05) is 0 Å². The molecule has 0 bridgehead atoms. The van der Waals surface area contributed by atoms with Gasteiger partial charge in [-0.1, -0.05) is 90.4 Å². The second kappa shape index (κ2) is 21.2. The Kier molecular flexibility index (Phi) is 22.0. The molecular weight excluding hydrogens is 388 g/mol. The summed E-state index contributed by atoms with van der Waals surface area (Å²) in [4.78, 5) is 22.2. The summed E-state index contributed by atoms with van der Waals surface area (Å²) in [7, 11) is 0. The average Bonchev–Trinajstić information content (AvgIpc) is 2.73. The number of aliphatic carboxylic acids is 1. The topological polar surface area (TPSA) is 135 Å². The van der Waals surface area contributed by atoms with E-state index in [2.05, 4.69) is 6.92 Å². The summed E-state index contributed by atoms with van der Waals surface area (Å²) in [6.45, 7) is 2.65. The van der Waals surface area contributed by atoms with E-state index in [1.54, 1.807) is 0 Å². The van der Waals surface area contributed by atoms with Gasteiger partial charge in [-0.15, -0.1) is 0 Å². The molecule has 1 atom stereocenters. The van der Waals surface area contributed by atoms with Crippen molar-refractivity contribution in [2.24, 2.45) is 0 Å². The van der Waals surface area contributed by atoms with Crippen LogP contribution in [0.1, 0.15) is 110 Å². The Morgan fingerprint density at radius 2 is 1.07 bits per heavy atom. The number of carboxylic acids is 1. The highest BCUT2D eigenvalue weighted by atomic mass is 16.4. The molecule has 1 unspecified atom stereocenters. The summed E-state index contributed by atoms with van der Waals surface area (Å²) >= 11 is 0. The highest BCUT2D eigenvalue weighted by Gasteiger charge is 2.40. The van der Waals surface area contributed by atoms with Crippen molar-refractivity contribution in [3.05, 3.63) is 0 Å². The van der Waals surface area contributed by atoms with E-state index in [4.69, 9.17) is 20.4 Å². The van der Waals surface area contributed by atoms with Crippen LogP contribution in [-0.2, 0) is 9.59 Å². The molecule has 180 valence electrons. The molecule has 7 nitrogen and oxygen atoms in total. The average molecular weight is 435 g/mol. The summed E-state index contributed by atoms with van der Waals surface area (Å²) in [5, 5.41) is 42.8. The minimum absolute atomic E-state index is 0.0235. The first-order valence-corrected chi connectivity index (χ1v) is 11.6. The monoisotopic (exact) mass is 434 g/mol. The predicted molar refractivity (Wildman–Crippen MR) is 118 cm³/mol. The van der Waals surface area contributed by atoms with Gasteiger partial charge in [0.15, 0.2) is 5.78 Å². The Hall–Kier alpha value is -1.02.